The normalized spacial score (nSPS) is 10.1. The first-order valence-electron chi connectivity index (χ1n) is 4.95. The summed E-state index contributed by atoms with van der Waals surface area (Å²) in [6, 6.07) is 5.95. The van der Waals surface area contributed by atoms with Gasteiger partial charge < -0.3 is 16.2 Å². The predicted octanol–water partition coefficient (Wildman–Crippen LogP) is 1.76. The van der Waals surface area contributed by atoms with Crippen molar-refractivity contribution in [2.45, 2.75) is 19.8 Å². The number of unbranched alkanes of at least 4 members (excludes halogenated alkanes) is 1. The van der Waals surface area contributed by atoms with Gasteiger partial charge in [0.1, 0.15) is 0 Å². The molecule has 0 amide bonds. The number of aliphatic hydroxyl groups is 1. The van der Waals surface area contributed by atoms with E-state index in [0.29, 0.717) is 0 Å². The van der Waals surface area contributed by atoms with Gasteiger partial charge in [-0.2, -0.15) is 0 Å². The zero-order valence-electron chi connectivity index (χ0n) is 8.59. The molecular weight excluding hydrogens is 176 g/mol. The lowest BCUT2D eigenvalue weighted by atomic mass is 10.1. The van der Waals surface area contributed by atoms with Crippen LogP contribution in [0.2, 0.25) is 0 Å². The molecule has 0 aromatic heterocycles. The Morgan fingerprint density at radius 3 is 2.86 bits per heavy atom. The van der Waals surface area contributed by atoms with Crippen LogP contribution in [0.1, 0.15) is 18.4 Å². The van der Waals surface area contributed by atoms with Crippen molar-refractivity contribution in [3.8, 4) is 0 Å². The fraction of sp³-hybridized carbons (Fsp3) is 0.455. The Morgan fingerprint density at radius 1 is 1.36 bits per heavy atom. The number of anilines is 2. The van der Waals surface area contributed by atoms with E-state index in [1.165, 1.54) is 0 Å². The second kappa shape index (κ2) is 5.50. The van der Waals surface area contributed by atoms with Gasteiger partial charge in [0.25, 0.3) is 0 Å². The Morgan fingerprint density at radius 2 is 2.14 bits per heavy atom. The number of hydrogen-bond donors (Lipinski definition) is 3. The molecule has 0 aliphatic carbocycles. The fourth-order valence-electron chi connectivity index (χ4n) is 1.29. The highest BCUT2D eigenvalue weighted by molar-refractivity contribution is 5.69. The van der Waals surface area contributed by atoms with Gasteiger partial charge >= 0.3 is 0 Å². The summed E-state index contributed by atoms with van der Waals surface area (Å²) in [6.45, 7) is 3.10. The second-order valence-electron chi connectivity index (χ2n) is 3.39. The summed E-state index contributed by atoms with van der Waals surface area (Å²) in [5.41, 5.74) is 8.79. The predicted molar refractivity (Wildman–Crippen MR) is 60.4 cm³/mol. The summed E-state index contributed by atoms with van der Waals surface area (Å²) in [6.07, 6.45) is 1.79. The van der Waals surface area contributed by atoms with Crippen LogP contribution in [0.3, 0.4) is 0 Å². The van der Waals surface area contributed by atoms with Crippen molar-refractivity contribution in [2.75, 3.05) is 24.2 Å². The van der Waals surface area contributed by atoms with Crippen molar-refractivity contribution >= 4 is 11.4 Å². The van der Waals surface area contributed by atoms with Crippen LogP contribution in [-0.4, -0.2) is 18.3 Å². The van der Waals surface area contributed by atoms with Crippen LogP contribution in [0, 0.1) is 6.92 Å². The van der Waals surface area contributed by atoms with Gasteiger partial charge in [-0.3, -0.25) is 0 Å². The monoisotopic (exact) mass is 194 g/mol. The molecule has 14 heavy (non-hydrogen) atoms. The third-order valence-electron chi connectivity index (χ3n) is 2.22. The third-order valence-corrected chi connectivity index (χ3v) is 2.22. The van der Waals surface area contributed by atoms with Crippen molar-refractivity contribution in [3.05, 3.63) is 23.8 Å². The van der Waals surface area contributed by atoms with E-state index in [2.05, 4.69) is 5.32 Å². The van der Waals surface area contributed by atoms with Gasteiger partial charge in [0.15, 0.2) is 0 Å². The largest absolute Gasteiger partial charge is 0.397 e. The Bertz CT molecular complexity index is 287. The molecule has 3 heteroatoms. The highest BCUT2D eigenvalue weighted by Gasteiger charge is 1.99. The number of nitrogens with two attached hydrogens (primary N) is 1. The zero-order valence-corrected chi connectivity index (χ0v) is 8.59. The molecule has 0 saturated heterocycles. The van der Waals surface area contributed by atoms with E-state index in [1.807, 2.05) is 25.1 Å². The summed E-state index contributed by atoms with van der Waals surface area (Å²) in [5.74, 6) is 0. The fourth-order valence-corrected chi connectivity index (χ4v) is 1.29. The second-order valence-corrected chi connectivity index (χ2v) is 3.39. The first-order chi connectivity index (χ1) is 6.75. The zero-order chi connectivity index (χ0) is 10.4. The molecule has 0 aliphatic heterocycles. The van der Waals surface area contributed by atoms with Crippen LogP contribution >= 0.6 is 0 Å². The maximum atomic E-state index is 8.61. The first-order valence-corrected chi connectivity index (χ1v) is 4.95. The third kappa shape index (κ3) is 2.92. The maximum absolute atomic E-state index is 8.61. The summed E-state index contributed by atoms with van der Waals surface area (Å²) >= 11 is 0. The Hall–Kier alpha value is -1.22. The molecule has 1 rings (SSSR count). The number of nitrogen functional groups attached to an aromatic ring is 1. The van der Waals surface area contributed by atoms with E-state index < -0.39 is 0 Å². The number of aliphatic hydroxyl groups excluding tert-OH is 1. The van der Waals surface area contributed by atoms with Crippen molar-refractivity contribution in [1.82, 2.24) is 0 Å². The summed E-state index contributed by atoms with van der Waals surface area (Å²) < 4.78 is 0. The molecule has 0 radical (unpaired) electrons. The van der Waals surface area contributed by atoms with Crippen LogP contribution in [0.5, 0.6) is 0 Å². The van der Waals surface area contributed by atoms with Crippen molar-refractivity contribution in [1.29, 1.82) is 0 Å². The van der Waals surface area contributed by atoms with Crippen LogP contribution in [0.4, 0.5) is 11.4 Å². The smallest absolute Gasteiger partial charge is 0.0579 e. The number of aryl methyl sites for hydroxylation is 1. The quantitative estimate of drug-likeness (QED) is 0.494. The molecule has 0 spiro atoms. The lowest BCUT2D eigenvalue weighted by Crippen LogP contribution is -2.05. The average molecular weight is 194 g/mol. The van der Waals surface area contributed by atoms with Gasteiger partial charge in [-0.1, -0.05) is 12.1 Å². The van der Waals surface area contributed by atoms with E-state index in [1.54, 1.807) is 0 Å². The van der Waals surface area contributed by atoms with Crippen LogP contribution in [-0.2, 0) is 0 Å². The van der Waals surface area contributed by atoms with Gasteiger partial charge in [-0.05, 0) is 31.4 Å². The Labute approximate surface area is 84.9 Å². The van der Waals surface area contributed by atoms with Gasteiger partial charge in [-0.25, -0.2) is 0 Å². The topological polar surface area (TPSA) is 58.3 Å². The Balaban J connectivity index is 2.46. The molecule has 4 N–H and O–H groups in total. The SMILES string of the molecule is Cc1cccc(NCCCCO)c1N. The lowest BCUT2D eigenvalue weighted by Gasteiger charge is -2.10. The summed E-state index contributed by atoms with van der Waals surface area (Å²) in [7, 11) is 0. The van der Waals surface area contributed by atoms with Crippen molar-refractivity contribution in [2.24, 2.45) is 0 Å². The molecule has 0 heterocycles. The van der Waals surface area contributed by atoms with Crippen LogP contribution < -0.4 is 11.1 Å². The lowest BCUT2D eigenvalue weighted by molar-refractivity contribution is 0.286. The van der Waals surface area contributed by atoms with Crippen LogP contribution in [0.25, 0.3) is 0 Å². The van der Waals surface area contributed by atoms with E-state index in [9.17, 15) is 0 Å². The highest BCUT2D eigenvalue weighted by atomic mass is 16.2. The minimum Gasteiger partial charge on any atom is -0.397 e. The minimum atomic E-state index is 0.255. The van der Waals surface area contributed by atoms with E-state index in [4.69, 9.17) is 10.8 Å². The summed E-state index contributed by atoms with van der Waals surface area (Å²) in [5, 5.41) is 11.9. The molecule has 0 saturated carbocycles. The molecule has 0 fully saturated rings. The molecule has 1 aromatic rings. The van der Waals surface area contributed by atoms with Crippen molar-refractivity contribution < 1.29 is 5.11 Å². The minimum absolute atomic E-state index is 0.255. The van der Waals surface area contributed by atoms with Gasteiger partial charge in [0, 0.05) is 13.2 Å². The number of nitrogens with one attached hydrogen (secondary N) is 1. The standard InChI is InChI=1S/C11H18N2O/c1-9-5-4-6-10(11(9)12)13-7-2-3-8-14/h4-6,13-14H,2-3,7-8,12H2,1H3. The molecule has 0 bridgehead atoms. The number of hydrogen-bond acceptors (Lipinski definition) is 3. The average Bonchev–Trinajstić information content (AvgIpc) is 2.19. The van der Waals surface area contributed by atoms with Gasteiger partial charge in [0.05, 0.1) is 11.4 Å². The van der Waals surface area contributed by atoms with Gasteiger partial charge in [0.2, 0.25) is 0 Å². The molecule has 78 valence electrons. The molecule has 1 aromatic carbocycles. The van der Waals surface area contributed by atoms with Crippen LogP contribution in [0.15, 0.2) is 18.2 Å². The first kappa shape index (κ1) is 10.9. The van der Waals surface area contributed by atoms with Crippen molar-refractivity contribution in [3.63, 3.8) is 0 Å². The number of benzene rings is 1. The molecular formula is C11H18N2O. The van der Waals surface area contributed by atoms with E-state index in [0.717, 1.165) is 36.3 Å². The molecule has 0 unspecified atom stereocenters. The Kier molecular flexibility index (Phi) is 4.26. The maximum Gasteiger partial charge on any atom is 0.0579 e. The van der Waals surface area contributed by atoms with Gasteiger partial charge in [-0.15, -0.1) is 0 Å². The number of rotatable bonds is 5. The van der Waals surface area contributed by atoms with E-state index >= 15 is 0 Å². The number of para-hydroxylation sites is 1. The highest BCUT2D eigenvalue weighted by Crippen LogP contribution is 2.21. The molecule has 0 aliphatic rings. The molecule has 0 atom stereocenters. The molecule has 3 nitrogen and oxygen atoms in total. The summed E-state index contributed by atoms with van der Waals surface area (Å²) in [4.78, 5) is 0. The van der Waals surface area contributed by atoms with E-state index in [-0.39, 0.29) is 6.61 Å².